The van der Waals surface area contributed by atoms with E-state index >= 15 is 0 Å². The Balaban J connectivity index is 2.56. The van der Waals surface area contributed by atoms with Crippen LogP contribution in [0.3, 0.4) is 0 Å². The fourth-order valence-corrected chi connectivity index (χ4v) is 1.83. The summed E-state index contributed by atoms with van der Waals surface area (Å²) in [5, 5.41) is 0. The number of aromatic nitrogens is 2. The van der Waals surface area contributed by atoms with Crippen LogP contribution in [0.15, 0.2) is 29.1 Å². The molecular formula is C12H8F3IN2O2. The van der Waals surface area contributed by atoms with Crippen LogP contribution in [0.5, 0.6) is 5.75 Å². The highest BCUT2D eigenvalue weighted by Crippen LogP contribution is 2.31. The molecule has 0 bridgehead atoms. The number of H-pyrrole nitrogens is 1. The fraction of sp³-hybridized carbons (Fsp3) is 0.167. The summed E-state index contributed by atoms with van der Waals surface area (Å²) in [7, 11) is 0. The third-order valence-electron chi connectivity index (χ3n) is 2.40. The summed E-state index contributed by atoms with van der Waals surface area (Å²) in [6, 6.07) is 5.50. The quantitative estimate of drug-likeness (QED) is 0.794. The van der Waals surface area contributed by atoms with Crippen molar-refractivity contribution in [3.63, 3.8) is 0 Å². The molecule has 1 aromatic carbocycles. The number of nitrogens with zero attached hydrogens (tertiary/aromatic N) is 1. The van der Waals surface area contributed by atoms with E-state index in [4.69, 9.17) is 0 Å². The number of aromatic amines is 1. The molecule has 8 heteroatoms. The number of rotatable bonds is 2. The van der Waals surface area contributed by atoms with Gasteiger partial charge in [0.25, 0.3) is 5.56 Å². The highest BCUT2D eigenvalue weighted by atomic mass is 127. The van der Waals surface area contributed by atoms with Gasteiger partial charge in [-0.05, 0) is 41.6 Å². The van der Waals surface area contributed by atoms with E-state index in [0.717, 1.165) is 6.07 Å². The van der Waals surface area contributed by atoms with Crippen LogP contribution in [0, 0.1) is 10.5 Å². The van der Waals surface area contributed by atoms with Crippen molar-refractivity contribution in [2.45, 2.75) is 13.3 Å². The Kier molecular flexibility index (Phi) is 4.02. The summed E-state index contributed by atoms with van der Waals surface area (Å²) in [6.45, 7) is 1.60. The van der Waals surface area contributed by atoms with Crippen LogP contribution in [-0.2, 0) is 0 Å². The lowest BCUT2D eigenvalue weighted by Gasteiger charge is -2.13. The van der Waals surface area contributed by atoms with Crippen LogP contribution >= 0.6 is 22.6 Å². The monoisotopic (exact) mass is 396 g/mol. The number of nitrogens with one attached hydrogen (secondary N) is 1. The van der Waals surface area contributed by atoms with E-state index in [-0.39, 0.29) is 11.4 Å². The predicted octanol–water partition coefficient (Wildman–Crippen LogP) is 3.25. The molecular weight excluding hydrogens is 388 g/mol. The average molecular weight is 396 g/mol. The first kappa shape index (κ1) is 14.8. The third-order valence-corrected chi connectivity index (χ3v) is 3.67. The lowest BCUT2D eigenvalue weighted by atomic mass is 10.2. The van der Waals surface area contributed by atoms with E-state index in [1.807, 2.05) is 22.6 Å². The Labute approximate surface area is 125 Å². The van der Waals surface area contributed by atoms with Gasteiger partial charge in [0.15, 0.2) is 0 Å². The zero-order valence-electron chi connectivity index (χ0n) is 10.1. The minimum Gasteiger partial charge on any atom is -0.405 e. The maximum atomic E-state index is 12.3. The number of benzene rings is 1. The summed E-state index contributed by atoms with van der Waals surface area (Å²) in [5.41, 5.74) is 0.0995. The Hall–Kier alpha value is -1.58. The molecule has 106 valence electrons. The van der Waals surface area contributed by atoms with Gasteiger partial charge >= 0.3 is 6.36 Å². The van der Waals surface area contributed by atoms with Crippen molar-refractivity contribution < 1.29 is 17.9 Å². The Bertz CT molecular complexity index is 698. The van der Waals surface area contributed by atoms with E-state index < -0.39 is 17.7 Å². The highest BCUT2D eigenvalue weighted by molar-refractivity contribution is 14.1. The number of aryl methyl sites for hydroxylation is 1. The molecule has 0 aliphatic heterocycles. The van der Waals surface area contributed by atoms with Gasteiger partial charge in [-0.25, -0.2) is 4.98 Å². The molecule has 1 heterocycles. The first-order valence-corrected chi connectivity index (χ1v) is 6.47. The molecule has 1 N–H and O–H groups in total. The van der Waals surface area contributed by atoms with Gasteiger partial charge in [0.05, 0.1) is 14.8 Å². The molecule has 0 aliphatic carbocycles. The van der Waals surface area contributed by atoms with Crippen molar-refractivity contribution in [1.82, 2.24) is 9.97 Å². The number of halogens is 4. The van der Waals surface area contributed by atoms with Crippen LogP contribution in [0.1, 0.15) is 5.69 Å². The van der Waals surface area contributed by atoms with Gasteiger partial charge in [-0.15, -0.1) is 13.2 Å². The smallest absolute Gasteiger partial charge is 0.405 e. The second kappa shape index (κ2) is 5.43. The molecule has 0 unspecified atom stereocenters. The molecule has 0 atom stereocenters. The van der Waals surface area contributed by atoms with Crippen molar-refractivity contribution >= 4 is 22.6 Å². The maximum absolute atomic E-state index is 12.3. The van der Waals surface area contributed by atoms with Gasteiger partial charge in [-0.3, -0.25) is 4.79 Å². The topological polar surface area (TPSA) is 55.0 Å². The average Bonchev–Trinajstić information content (AvgIpc) is 2.34. The van der Waals surface area contributed by atoms with Crippen LogP contribution in [-0.4, -0.2) is 16.3 Å². The summed E-state index contributed by atoms with van der Waals surface area (Å²) in [4.78, 5) is 18.2. The summed E-state index contributed by atoms with van der Waals surface area (Å²) in [6.07, 6.45) is -4.81. The van der Waals surface area contributed by atoms with Gasteiger partial charge in [0.2, 0.25) is 0 Å². The molecule has 0 spiro atoms. The zero-order valence-corrected chi connectivity index (χ0v) is 12.2. The highest BCUT2D eigenvalue weighted by Gasteiger charge is 2.32. The minimum absolute atomic E-state index is 0.0350. The molecule has 0 radical (unpaired) electrons. The maximum Gasteiger partial charge on any atom is 0.573 e. The van der Waals surface area contributed by atoms with Crippen molar-refractivity contribution in [2.24, 2.45) is 0 Å². The normalized spacial score (nSPS) is 11.4. The second-order valence-electron chi connectivity index (χ2n) is 3.86. The fourth-order valence-electron chi connectivity index (χ4n) is 1.57. The molecule has 20 heavy (non-hydrogen) atoms. The number of para-hydroxylation sites is 1. The molecule has 0 fully saturated rings. The van der Waals surface area contributed by atoms with Crippen LogP contribution in [0.4, 0.5) is 13.2 Å². The molecule has 0 saturated carbocycles. The minimum atomic E-state index is -4.81. The van der Waals surface area contributed by atoms with E-state index in [1.165, 1.54) is 18.2 Å². The third kappa shape index (κ3) is 3.30. The summed E-state index contributed by atoms with van der Waals surface area (Å²) in [5.74, 6) is -0.378. The number of alkyl halides is 3. The lowest BCUT2D eigenvalue weighted by Crippen LogP contribution is -2.19. The second-order valence-corrected chi connectivity index (χ2v) is 4.94. The molecule has 0 saturated heterocycles. The molecule has 2 rings (SSSR count). The van der Waals surface area contributed by atoms with E-state index in [1.54, 1.807) is 6.92 Å². The van der Waals surface area contributed by atoms with Crippen molar-refractivity contribution in [3.05, 3.63) is 43.9 Å². The van der Waals surface area contributed by atoms with Crippen LogP contribution < -0.4 is 10.3 Å². The first-order valence-electron chi connectivity index (χ1n) is 5.39. The predicted molar refractivity (Wildman–Crippen MR) is 74.4 cm³/mol. The molecule has 0 amide bonds. The largest absolute Gasteiger partial charge is 0.573 e. The van der Waals surface area contributed by atoms with Crippen LogP contribution in [0.2, 0.25) is 0 Å². The Morgan fingerprint density at radius 1 is 1.30 bits per heavy atom. The Morgan fingerprint density at radius 3 is 2.55 bits per heavy atom. The van der Waals surface area contributed by atoms with E-state index in [2.05, 4.69) is 14.7 Å². The SMILES string of the molecule is Cc1nc(-c2ccccc2OC(F)(F)F)[nH]c(=O)c1I. The van der Waals surface area contributed by atoms with Crippen molar-refractivity contribution in [2.75, 3.05) is 0 Å². The lowest BCUT2D eigenvalue weighted by molar-refractivity contribution is -0.274. The van der Waals surface area contributed by atoms with Gasteiger partial charge in [0, 0.05) is 0 Å². The van der Waals surface area contributed by atoms with E-state index in [9.17, 15) is 18.0 Å². The zero-order chi connectivity index (χ0) is 14.9. The van der Waals surface area contributed by atoms with Gasteiger partial charge in [-0.1, -0.05) is 12.1 Å². The molecule has 1 aromatic heterocycles. The van der Waals surface area contributed by atoms with Gasteiger partial charge in [-0.2, -0.15) is 0 Å². The number of hydrogen-bond acceptors (Lipinski definition) is 3. The standard InChI is InChI=1S/C12H8F3IN2O2/c1-6-9(16)11(19)18-10(17-6)7-4-2-3-5-8(7)20-12(13,14)15/h2-5H,1H3,(H,17,18,19). The van der Waals surface area contributed by atoms with E-state index in [0.29, 0.717) is 9.26 Å². The molecule has 0 aliphatic rings. The van der Waals surface area contributed by atoms with Gasteiger partial charge in [0.1, 0.15) is 11.6 Å². The number of hydrogen-bond donors (Lipinski definition) is 1. The molecule has 4 nitrogen and oxygen atoms in total. The first-order chi connectivity index (χ1) is 9.28. The molecule has 2 aromatic rings. The summed E-state index contributed by atoms with van der Waals surface area (Å²) < 4.78 is 41.4. The van der Waals surface area contributed by atoms with Crippen molar-refractivity contribution in [1.29, 1.82) is 0 Å². The van der Waals surface area contributed by atoms with Crippen molar-refractivity contribution in [3.8, 4) is 17.1 Å². The summed E-state index contributed by atoms with van der Waals surface area (Å²) >= 11 is 1.82. The Morgan fingerprint density at radius 2 is 1.95 bits per heavy atom. The number of ether oxygens (including phenoxy) is 1. The van der Waals surface area contributed by atoms with Crippen LogP contribution in [0.25, 0.3) is 11.4 Å². The van der Waals surface area contributed by atoms with Gasteiger partial charge < -0.3 is 9.72 Å².